The SMILES string of the molecule is C[C@@H]1CC[C@@H](C(C)(C)O)C1. The second kappa shape index (κ2) is 2.54. The molecule has 2 atom stereocenters. The van der Waals surface area contributed by atoms with Gasteiger partial charge in [-0.3, -0.25) is 0 Å². The van der Waals surface area contributed by atoms with E-state index in [4.69, 9.17) is 0 Å². The smallest absolute Gasteiger partial charge is 0.0619 e. The van der Waals surface area contributed by atoms with Crippen LogP contribution < -0.4 is 0 Å². The lowest BCUT2D eigenvalue weighted by atomic mass is 9.89. The molecule has 10 heavy (non-hydrogen) atoms. The van der Waals surface area contributed by atoms with Crippen molar-refractivity contribution in [2.24, 2.45) is 11.8 Å². The summed E-state index contributed by atoms with van der Waals surface area (Å²) in [6.07, 6.45) is 3.73. The lowest BCUT2D eigenvalue weighted by Gasteiger charge is -2.25. The first-order valence-corrected chi connectivity index (χ1v) is 4.22. The third-order valence-electron chi connectivity index (χ3n) is 2.69. The van der Waals surface area contributed by atoms with Gasteiger partial charge in [-0.05, 0) is 38.5 Å². The maximum Gasteiger partial charge on any atom is 0.0619 e. The molecule has 0 spiro atoms. The van der Waals surface area contributed by atoms with Crippen molar-refractivity contribution >= 4 is 0 Å². The van der Waals surface area contributed by atoms with Gasteiger partial charge in [0.25, 0.3) is 0 Å². The average molecular weight is 142 g/mol. The minimum absolute atomic E-state index is 0.440. The Kier molecular flexibility index (Phi) is 2.04. The molecule has 1 fully saturated rings. The number of aliphatic hydroxyl groups is 1. The molecule has 0 radical (unpaired) electrons. The first kappa shape index (κ1) is 8.06. The molecule has 0 aromatic heterocycles. The summed E-state index contributed by atoms with van der Waals surface area (Å²) in [5.41, 5.74) is -0.440. The van der Waals surface area contributed by atoms with Crippen LogP contribution >= 0.6 is 0 Å². The molecule has 1 nitrogen and oxygen atoms in total. The van der Waals surface area contributed by atoms with Crippen LogP contribution in [-0.2, 0) is 0 Å². The van der Waals surface area contributed by atoms with Gasteiger partial charge in [-0.25, -0.2) is 0 Å². The highest BCUT2D eigenvalue weighted by molar-refractivity contribution is 4.83. The second-order valence-corrected chi connectivity index (χ2v) is 4.27. The van der Waals surface area contributed by atoms with Crippen LogP contribution in [0.2, 0.25) is 0 Å². The molecule has 1 aliphatic rings. The van der Waals surface area contributed by atoms with Crippen LogP contribution in [-0.4, -0.2) is 10.7 Å². The van der Waals surface area contributed by atoms with Gasteiger partial charge in [-0.2, -0.15) is 0 Å². The number of rotatable bonds is 1. The van der Waals surface area contributed by atoms with Gasteiger partial charge in [-0.15, -0.1) is 0 Å². The zero-order chi connectivity index (χ0) is 7.78. The molecule has 1 N–H and O–H groups in total. The van der Waals surface area contributed by atoms with Crippen LogP contribution in [0.25, 0.3) is 0 Å². The van der Waals surface area contributed by atoms with Crippen molar-refractivity contribution in [1.29, 1.82) is 0 Å². The summed E-state index contributed by atoms with van der Waals surface area (Å²) >= 11 is 0. The van der Waals surface area contributed by atoms with Gasteiger partial charge < -0.3 is 5.11 Å². The van der Waals surface area contributed by atoms with Crippen LogP contribution in [0.4, 0.5) is 0 Å². The molecule has 0 aromatic carbocycles. The Morgan fingerprint density at radius 3 is 2.10 bits per heavy atom. The molecule has 1 aliphatic carbocycles. The summed E-state index contributed by atoms with van der Waals surface area (Å²) in [6.45, 7) is 6.12. The first-order chi connectivity index (χ1) is 4.50. The minimum Gasteiger partial charge on any atom is -0.390 e. The summed E-state index contributed by atoms with van der Waals surface area (Å²) in [4.78, 5) is 0. The van der Waals surface area contributed by atoms with E-state index < -0.39 is 5.60 Å². The number of hydrogen-bond donors (Lipinski definition) is 1. The molecule has 0 unspecified atom stereocenters. The van der Waals surface area contributed by atoms with Gasteiger partial charge in [0.15, 0.2) is 0 Å². The lowest BCUT2D eigenvalue weighted by molar-refractivity contribution is 0.0186. The average Bonchev–Trinajstić information content (AvgIpc) is 2.11. The van der Waals surface area contributed by atoms with Crippen LogP contribution in [0, 0.1) is 11.8 Å². The van der Waals surface area contributed by atoms with Crippen LogP contribution in [0.3, 0.4) is 0 Å². The van der Waals surface area contributed by atoms with E-state index in [1.54, 1.807) is 0 Å². The summed E-state index contributed by atoms with van der Waals surface area (Å²) < 4.78 is 0. The topological polar surface area (TPSA) is 20.2 Å². The Morgan fingerprint density at radius 2 is 1.90 bits per heavy atom. The van der Waals surface area contributed by atoms with Gasteiger partial charge in [-0.1, -0.05) is 13.3 Å². The molecule has 1 saturated carbocycles. The predicted octanol–water partition coefficient (Wildman–Crippen LogP) is 2.19. The summed E-state index contributed by atoms with van der Waals surface area (Å²) in [5.74, 6) is 1.37. The van der Waals surface area contributed by atoms with E-state index in [1.165, 1.54) is 19.3 Å². The fourth-order valence-electron chi connectivity index (χ4n) is 1.85. The summed E-state index contributed by atoms with van der Waals surface area (Å²) in [7, 11) is 0. The molecule has 1 rings (SSSR count). The molecular formula is C9H18O. The molecule has 0 amide bonds. The van der Waals surface area contributed by atoms with Gasteiger partial charge in [0, 0.05) is 0 Å². The fourth-order valence-corrected chi connectivity index (χ4v) is 1.85. The van der Waals surface area contributed by atoms with Crippen molar-refractivity contribution < 1.29 is 5.11 Å². The van der Waals surface area contributed by atoms with Crippen molar-refractivity contribution in [2.75, 3.05) is 0 Å². The largest absolute Gasteiger partial charge is 0.390 e. The normalized spacial score (nSPS) is 34.8. The maximum absolute atomic E-state index is 9.64. The molecular weight excluding hydrogens is 124 g/mol. The van der Waals surface area contributed by atoms with Crippen LogP contribution in [0.5, 0.6) is 0 Å². The monoisotopic (exact) mass is 142 g/mol. The fraction of sp³-hybridized carbons (Fsp3) is 1.00. The van der Waals surface area contributed by atoms with E-state index in [0.717, 1.165) is 5.92 Å². The highest BCUT2D eigenvalue weighted by atomic mass is 16.3. The van der Waals surface area contributed by atoms with E-state index in [9.17, 15) is 5.11 Å². The molecule has 1 heteroatoms. The summed E-state index contributed by atoms with van der Waals surface area (Å²) in [6, 6.07) is 0. The van der Waals surface area contributed by atoms with E-state index >= 15 is 0 Å². The van der Waals surface area contributed by atoms with Crippen molar-refractivity contribution in [1.82, 2.24) is 0 Å². The quantitative estimate of drug-likeness (QED) is 0.595. The Hall–Kier alpha value is -0.0400. The maximum atomic E-state index is 9.64. The zero-order valence-corrected chi connectivity index (χ0v) is 7.22. The molecule has 0 aromatic rings. The van der Waals surface area contributed by atoms with Gasteiger partial charge in [0.2, 0.25) is 0 Å². The highest BCUT2D eigenvalue weighted by Crippen LogP contribution is 2.36. The van der Waals surface area contributed by atoms with Gasteiger partial charge in [0.05, 0.1) is 5.60 Å². The standard InChI is InChI=1S/C9H18O/c1-7-4-5-8(6-7)9(2,3)10/h7-8,10H,4-6H2,1-3H3/t7-,8-/m1/s1. The molecule has 0 saturated heterocycles. The Bertz CT molecular complexity index is 112. The molecule has 0 heterocycles. The Balaban J connectivity index is 2.45. The Morgan fingerprint density at radius 1 is 1.30 bits per heavy atom. The minimum atomic E-state index is -0.440. The van der Waals surface area contributed by atoms with Crippen molar-refractivity contribution in [3.63, 3.8) is 0 Å². The number of hydrogen-bond acceptors (Lipinski definition) is 1. The first-order valence-electron chi connectivity index (χ1n) is 4.22. The van der Waals surface area contributed by atoms with E-state index in [-0.39, 0.29) is 0 Å². The molecule has 0 bridgehead atoms. The summed E-state index contributed by atoms with van der Waals surface area (Å²) in [5, 5.41) is 9.64. The second-order valence-electron chi connectivity index (χ2n) is 4.27. The van der Waals surface area contributed by atoms with E-state index in [1.807, 2.05) is 13.8 Å². The van der Waals surface area contributed by atoms with Crippen molar-refractivity contribution in [3.8, 4) is 0 Å². The third kappa shape index (κ3) is 1.72. The van der Waals surface area contributed by atoms with Gasteiger partial charge >= 0.3 is 0 Å². The molecule has 60 valence electrons. The van der Waals surface area contributed by atoms with Crippen LogP contribution in [0.15, 0.2) is 0 Å². The van der Waals surface area contributed by atoms with Crippen molar-refractivity contribution in [3.05, 3.63) is 0 Å². The lowest BCUT2D eigenvalue weighted by Crippen LogP contribution is -2.28. The van der Waals surface area contributed by atoms with E-state index in [0.29, 0.717) is 5.92 Å². The third-order valence-corrected chi connectivity index (χ3v) is 2.69. The van der Waals surface area contributed by atoms with Crippen LogP contribution in [0.1, 0.15) is 40.0 Å². The zero-order valence-electron chi connectivity index (χ0n) is 7.22. The van der Waals surface area contributed by atoms with E-state index in [2.05, 4.69) is 6.92 Å². The predicted molar refractivity (Wildman–Crippen MR) is 42.8 cm³/mol. The van der Waals surface area contributed by atoms with Crippen molar-refractivity contribution in [2.45, 2.75) is 45.6 Å². The Labute approximate surface area is 63.4 Å². The molecule has 0 aliphatic heterocycles. The highest BCUT2D eigenvalue weighted by Gasteiger charge is 2.32. The van der Waals surface area contributed by atoms with Gasteiger partial charge in [0.1, 0.15) is 0 Å².